The fourth-order valence-corrected chi connectivity index (χ4v) is 1.60. The average molecular weight is 242 g/mol. The number of hydrogen-bond donors (Lipinski definition) is 0. The Balaban J connectivity index is 3.15. The van der Waals surface area contributed by atoms with Crippen molar-refractivity contribution in [3.05, 3.63) is 47.5 Å². The van der Waals surface area contributed by atoms with Crippen molar-refractivity contribution < 1.29 is 18.0 Å². The van der Waals surface area contributed by atoms with Gasteiger partial charge in [-0.2, -0.15) is 13.2 Å². The van der Waals surface area contributed by atoms with Crippen molar-refractivity contribution in [1.29, 1.82) is 0 Å². The zero-order valence-corrected chi connectivity index (χ0v) is 9.64. The summed E-state index contributed by atoms with van der Waals surface area (Å²) in [5.41, 5.74) is 0.230. The second kappa shape index (κ2) is 4.73. The standard InChI is InChI=1S/C13H13F3O/c1-8-4-6-11(7-5-8)12(10(3)17)9(2)13(14,15)16/h4-7,12H,2H2,1,3H3. The number of carbonyl (C=O) groups is 1. The van der Waals surface area contributed by atoms with Gasteiger partial charge in [0.25, 0.3) is 0 Å². The molecule has 0 fully saturated rings. The van der Waals surface area contributed by atoms with Gasteiger partial charge in [-0.25, -0.2) is 0 Å². The topological polar surface area (TPSA) is 17.1 Å². The lowest BCUT2D eigenvalue weighted by atomic mass is 9.88. The van der Waals surface area contributed by atoms with Gasteiger partial charge in [-0.1, -0.05) is 36.4 Å². The van der Waals surface area contributed by atoms with Crippen LogP contribution in [0.25, 0.3) is 0 Å². The Morgan fingerprint density at radius 1 is 1.24 bits per heavy atom. The van der Waals surface area contributed by atoms with Crippen LogP contribution in [0.3, 0.4) is 0 Å². The molecule has 1 aromatic carbocycles. The lowest BCUT2D eigenvalue weighted by molar-refractivity contribution is -0.123. The van der Waals surface area contributed by atoms with Crippen molar-refractivity contribution in [2.75, 3.05) is 0 Å². The van der Waals surface area contributed by atoms with Gasteiger partial charge in [0.2, 0.25) is 0 Å². The predicted molar refractivity (Wildman–Crippen MR) is 59.8 cm³/mol. The number of aryl methyl sites for hydroxylation is 1. The van der Waals surface area contributed by atoms with Crippen molar-refractivity contribution in [2.24, 2.45) is 0 Å². The highest BCUT2D eigenvalue weighted by molar-refractivity contribution is 5.86. The van der Waals surface area contributed by atoms with Crippen LogP contribution in [0, 0.1) is 6.92 Å². The normalized spacial score (nSPS) is 13.2. The van der Waals surface area contributed by atoms with Crippen LogP contribution in [0.2, 0.25) is 0 Å². The van der Waals surface area contributed by atoms with Crippen molar-refractivity contribution in [1.82, 2.24) is 0 Å². The third-order valence-corrected chi connectivity index (χ3v) is 2.53. The third-order valence-electron chi connectivity index (χ3n) is 2.53. The molecule has 1 unspecified atom stereocenters. The van der Waals surface area contributed by atoms with Gasteiger partial charge in [0.15, 0.2) is 0 Å². The van der Waals surface area contributed by atoms with Crippen LogP contribution in [0.4, 0.5) is 13.2 Å². The number of alkyl halides is 3. The number of halogens is 3. The molecule has 1 aromatic rings. The Bertz CT molecular complexity index is 429. The molecular formula is C13H13F3O. The molecule has 1 atom stereocenters. The van der Waals surface area contributed by atoms with E-state index in [0.717, 1.165) is 12.5 Å². The SMILES string of the molecule is C=C(C(C(C)=O)c1ccc(C)cc1)C(F)(F)F. The van der Waals surface area contributed by atoms with Gasteiger partial charge in [-0.05, 0) is 19.4 Å². The van der Waals surface area contributed by atoms with Gasteiger partial charge >= 0.3 is 6.18 Å². The highest BCUT2D eigenvalue weighted by Crippen LogP contribution is 2.36. The minimum atomic E-state index is -4.55. The minimum Gasteiger partial charge on any atom is -0.299 e. The summed E-state index contributed by atoms with van der Waals surface area (Å²) < 4.78 is 37.7. The zero-order valence-electron chi connectivity index (χ0n) is 9.64. The number of ketones is 1. The molecule has 0 spiro atoms. The molecule has 0 aliphatic carbocycles. The first-order valence-electron chi connectivity index (χ1n) is 5.06. The summed E-state index contributed by atoms with van der Waals surface area (Å²) in [6.07, 6.45) is -4.55. The van der Waals surface area contributed by atoms with Crippen LogP contribution in [0.5, 0.6) is 0 Å². The molecule has 0 amide bonds. The van der Waals surface area contributed by atoms with Gasteiger partial charge in [0, 0.05) is 5.57 Å². The summed E-state index contributed by atoms with van der Waals surface area (Å²) in [5.74, 6) is -1.87. The third kappa shape index (κ3) is 3.19. The summed E-state index contributed by atoms with van der Waals surface area (Å²) in [5, 5.41) is 0. The zero-order chi connectivity index (χ0) is 13.2. The second-order valence-electron chi connectivity index (χ2n) is 3.98. The largest absolute Gasteiger partial charge is 0.413 e. The molecule has 0 aliphatic rings. The van der Waals surface area contributed by atoms with E-state index in [1.165, 1.54) is 12.1 Å². The van der Waals surface area contributed by atoms with E-state index in [9.17, 15) is 18.0 Å². The second-order valence-corrected chi connectivity index (χ2v) is 3.98. The van der Waals surface area contributed by atoms with Crippen LogP contribution in [-0.4, -0.2) is 12.0 Å². The molecule has 0 radical (unpaired) electrons. The summed E-state index contributed by atoms with van der Waals surface area (Å²) in [6, 6.07) is 6.40. The summed E-state index contributed by atoms with van der Waals surface area (Å²) in [6.45, 7) is 5.97. The van der Waals surface area contributed by atoms with Crippen molar-refractivity contribution in [3.8, 4) is 0 Å². The number of allylic oxidation sites excluding steroid dienone is 1. The van der Waals surface area contributed by atoms with E-state index in [4.69, 9.17) is 0 Å². The van der Waals surface area contributed by atoms with Crippen LogP contribution in [0.1, 0.15) is 24.0 Å². The van der Waals surface area contributed by atoms with Gasteiger partial charge in [-0.3, -0.25) is 4.79 Å². The number of hydrogen-bond acceptors (Lipinski definition) is 1. The molecule has 0 aliphatic heterocycles. The maximum absolute atomic E-state index is 12.6. The Morgan fingerprint density at radius 3 is 2.06 bits per heavy atom. The van der Waals surface area contributed by atoms with Gasteiger partial charge < -0.3 is 0 Å². The molecule has 0 saturated heterocycles. The molecular weight excluding hydrogens is 229 g/mol. The van der Waals surface area contributed by atoms with Gasteiger partial charge in [0.1, 0.15) is 5.78 Å². The molecule has 0 saturated carbocycles. The molecule has 17 heavy (non-hydrogen) atoms. The molecule has 0 heterocycles. The Morgan fingerprint density at radius 2 is 1.71 bits per heavy atom. The van der Waals surface area contributed by atoms with E-state index in [-0.39, 0.29) is 0 Å². The molecule has 0 N–H and O–H groups in total. The highest BCUT2D eigenvalue weighted by atomic mass is 19.4. The molecule has 1 nitrogen and oxygen atoms in total. The predicted octanol–water partition coefficient (Wildman–Crippen LogP) is 3.79. The van der Waals surface area contributed by atoms with Crippen LogP contribution in [0.15, 0.2) is 36.4 Å². The van der Waals surface area contributed by atoms with Crippen molar-refractivity contribution >= 4 is 5.78 Å². The average Bonchev–Trinajstić information content (AvgIpc) is 2.19. The summed E-state index contributed by atoms with van der Waals surface area (Å²) in [4.78, 5) is 11.4. The van der Waals surface area contributed by atoms with Crippen molar-refractivity contribution in [3.63, 3.8) is 0 Å². The molecule has 4 heteroatoms. The maximum atomic E-state index is 12.6. The molecule has 1 rings (SSSR count). The fourth-order valence-electron chi connectivity index (χ4n) is 1.60. The Kier molecular flexibility index (Phi) is 3.76. The van der Waals surface area contributed by atoms with Gasteiger partial charge in [0.05, 0.1) is 5.92 Å². The quantitative estimate of drug-likeness (QED) is 0.737. The lowest BCUT2D eigenvalue weighted by Gasteiger charge is -2.19. The van der Waals surface area contributed by atoms with E-state index in [1.807, 2.05) is 6.92 Å². The monoisotopic (exact) mass is 242 g/mol. The van der Waals surface area contributed by atoms with E-state index in [2.05, 4.69) is 6.58 Å². The first-order chi connectivity index (χ1) is 7.73. The number of benzene rings is 1. The van der Waals surface area contributed by atoms with E-state index < -0.39 is 23.5 Å². The van der Waals surface area contributed by atoms with E-state index in [1.54, 1.807) is 12.1 Å². The maximum Gasteiger partial charge on any atom is 0.413 e. The van der Waals surface area contributed by atoms with Crippen molar-refractivity contribution in [2.45, 2.75) is 25.9 Å². The minimum absolute atomic E-state index is 0.324. The summed E-state index contributed by atoms with van der Waals surface area (Å²) >= 11 is 0. The highest BCUT2D eigenvalue weighted by Gasteiger charge is 2.39. The van der Waals surface area contributed by atoms with E-state index >= 15 is 0 Å². The number of rotatable bonds is 3. The Hall–Kier alpha value is -1.58. The van der Waals surface area contributed by atoms with Crippen LogP contribution < -0.4 is 0 Å². The molecule has 0 bridgehead atoms. The van der Waals surface area contributed by atoms with E-state index in [0.29, 0.717) is 5.56 Å². The summed E-state index contributed by atoms with van der Waals surface area (Å²) in [7, 11) is 0. The smallest absolute Gasteiger partial charge is 0.299 e. The lowest BCUT2D eigenvalue weighted by Crippen LogP contribution is -2.22. The van der Waals surface area contributed by atoms with Gasteiger partial charge in [-0.15, -0.1) is 0 Å². The van der Waals surface area contributed by atoms with Crippen LogP contribution >= 0.6 is 0 Å². The molecule has 0 aromatic heterocycles. The first kappa shape index (κ1) is 13.5. The number of Topliss-reactive ketones (excluding diaryl/α,β-unsaturated/α-hetero) is 1. The number of carbonyl (C=O) groups excluding carboxylic acids is 1. The fraction of sp³-hybridized carbons (Fsp3) is 0.308. The first-order valence-corrected chi connectivity index (χ1v) is 5.06. The molecule has 92 valence electrons. The van der Waals surface area contributed by atoms with Crippen LogP contribution in [-0.2, 0) is 4.79 Å². The Labute approximate surface area is 98.0 Å².